The lowest BCUT2D eigenvalue weighted by Gasteiger charge is -2.39. The Morgan fingerprint density at radius 3 is 3.00 bits per heavy atom. The van der Waals surface area contributed by atoms with E-state index in [0.717, 1.165) is 6.54 Å². The van der Waals surface area contributed by atoms with Crippen LogP contribution in [-0.4, -0.2) is 48.6 Å². The Morgan fingerprint density at radius 2 is 2.20 bits per heavy atom. The van der Waals surface area contributed by atoms with Gasteiger partial charge in [-0.25, -0.2) is 0 Å². The van der Waals surface area contributed by atoms with Gasteiger partial charge >= 0.3 is 0 Å². The van der Waals surface area contributed by atoms with Crippen molar-refractivity contribution in [2.45, 2.75) is 64.0 Å². The molecule has 0 bridgehead atoms. The number of nitrogens with one attached hydrogen (secondary N) is 1. The highest BCUT2D eigenvalue weighted by molar-refractivity contribution is 7.99. The predicted octanol–water partition coefficient (Wildman–Crippen LogP) is 3.68. The van der Waals surface area contributed by atoms with Gasteiger partial charge in [0.1, 0.15) is 0 Å². The first-order chi connectivity index (χ1) is 9.83. The van der Waals surface area contributed by atoms with Crippen LogP contribution in [0.2, 0.25) is 0 Å². The maximum Gasteiger partial charge on any atom is 0.0445 e. The summed E-state index contributed by atoms with van der Waals surface area (Å²) in [5.41, 5.74) is 1.71. The van der Waals surface area contributed by atoms with Crippen molar-refractivity contribution in [3.8, 4) is 0 Å². The van der Waals surface area contributed by atoms with E-state index in [0.29, 0.717) is 12.1 Å². The molecule has 1 saturated heterocycles. The number of rotatable bonds is 5. The summed E-state index contributed by atoms with van der Waals surface area (Å²) < 4.78 is 0. The number of hydrogen-bond acceptors (Lipinski definition) is 3. The van der Waals surface area contributed by atoms with Crippen molar-refractivity contribution in [3.63, 3.8) is 0 Å². The van der Waals surface area contributed by atoms with Crippen LogP contribution in [0.25, 0.3) is 0 Å². The molecule has 0 aromatic heterocycles. The molecule has 1 aliphatic carbocycles. The van der Waals surface area contributed by atoms with E-state index in [2.05, 4.69) is 42.0 Å². The van der Waals surface area contributed by atoms with E-state index in [1.165, 1.54) is 63.0 Å². The van der Waals surface area contributed by atoms with Gasteiger partial charge in [-0.2, -0.15) is 11.8 Å². The Hall–Kier alpha value is 0.01000. The fourth-order valence-electron chi connectivity index (χ4n) is 3.37. The summed E-state index contributed by atoms with van der Waals surface area (Å²) in [6.45, 7) is 4.67. The van der Waals surface area contributed by atoms with E-state index in [1.54, 1.807) is 5.57 Å². The Morgan fingerprint density at radius 1 is 1.35 bits per heavy atom. The normalized spacial score (nSPS) is 27.5. The minimum atomic E-state index is 0.589. The average Bonchev–Trinajstić information content (AvgIpc) is 2.42. The van der Waals surface area contributed by atoms with E-state index in [1.807, 2.05) is 0 Å². The Kier molecular flexibility index (Phi) is 7.47. The molecule has 1 heterocycles. The number of allylic oxidation sites excluding steroid dienone is 1. The fraction of sp³-hybridized carbons (Fsp3) is 0.882. The van der Waals surface area contributed by atoms with Crippen molar-refractivity contribution >= 4 is 11.8 Å². The summed E-state index contributed by atoms with van der Waals surface area (Å²) >= 11 is 2.13. The lowest BCUT2D eigenvalue weighted by atomic mass is 9.90. The van der Waals surface area contributed by atoms with E-state index < -0.39 is 0 Å². The minimum Gasteiger partial charge on any atom is -0.309 e. The first kappa shape index (κ1) is 16.4. The molecule has 20 heavy (non-hydrogen) atoms. The highest BCUT2D eigenvalue weighted by Gasteiger charge is 2.29. The summed E-state index contributed by atoms with van der Waals surface area (Å²) in [5.74, 6) is 2.59. The highest BCUT2D eigenvalue weighted by atomic mass is 32.2. The molecule has 0 aromatic rings. The van der Waals surface area contributed by atoms with Crippen LogP contribution in [0, 0.1) is 0 Å². The van der Waals surface area contributed by atoms with Crippen LogP contribution in [0.4, 0.5) is 0 Å². The van der Waals surface area contributed by atoms with Gasteiger partial charge in [-0.15, -0.1) is 0 Å². The first-order valence-electron chi connectivity index (χ1n) is 8.53. The standard InChI is InChI=1S/C17H32N2S/c1-3-11-18-17(16-14-20-13-12-19(16)2)15-9-7-5-4-6-8-10-15/h9,16-18H,3-8,10-14H2,1-2H3. The van der Waals surface area contributed by atoms with Crippen LogP contribution in [0.5, 0.6) is 0 Å². The molecular formula is C17H32N2S. The second kappa shape index (κ2) is 9.11. The quantitative estimate of drug-likeness (QED) is 0.779. The molecule has 0 spiro atoms. The number of hydrogen-bond donors (Lipinski definition) is 1. The topological polar surface area (TPSA) is 15.3 Å². The van der Waals surface area contributed by atoms with Gasteiger partial charge in [0.05, 0.1) is 0 Å². The number of nitrogens with zero attached hydrogens (tertiary/aromatic N) is 1. The molecule has 1 aliphatic heterocycles. The van der Waals surface area contributed by atoms with Gasteiger partial charge in [-0.3, -0.25) is 4.90 Å². The molecule has 2 unspecified atom stereocenters. The smallest absolute Gasteiger partial charge is 0.0445 e. The molecular weight excluding hydrogens is 264 g/mol. The van der Waals surface area contributed by atoms with Gasteiger partial charge in [0.2, 0.25) is 0 Å². The summed E-state index contributed by atoms with van der Waals surface area (Å²) in [5, 5.41) is 3.86. The van der Waals surface area contributed by atoms with Crippen LogP contribution in [-0.2, 0) is 0 Å². The van der Waals surface area contributed by atoms with E-state index in [4.69, 9.17) is 0 Å². The average molecular weight is 297 g/mol. The molecule has 3 heteroatoms. The highest BCUT2D eigenvalue weighted by Crippen LogP contribution is 2.26. The molecule has 1 N–H and O–H groups in total. The molecule has 2 aliphatic rings. The molecule has 0 amide bonds. The van der Waals surface area contributed by atoms with E-state index in [-0.39, 0.29) is 0 Å². The molecule has 1 fully saturated rings. The lowest BCUT2D eigenvalue weighted by molar-refractivity contribution is 0.227. The molecule has 2 atom stereocenters. The molecule has 0 saturated carbocycles. The lowest BCUT2D eigenvalue weighted by Crippen LogP contribution is -2.53. The largest absolute Gasteiger partial charge is 0.309 e. The number of likely N-dealkylation sites (N-methyl/N-ethyl adjacent to an activating group) is 1. The van der Waals surface area contributed by atoms with Crippen molar-refractivity contribution in [1.82, 2.24) is 10.2 Å². The third-order valence-electron chi connectivity index (χ3n) is 4.67. The second-order valence-electron chi connectivity index (χ2n) is 6.29. The summed E-state index contributed by atoms with van der Waals surface area (Å²) in [6, 6.07) is 1.27. The second-order valence-corrected chi connectivity index (χ2v) is 7.44. The Balaban J connectivity index is 2.07. The monoisotopic (exact) mass is 296 g/mol. The summed E-state index contributed by atoms with van der Waals surface area (Å²) in [6.07, 6.45) is 12.0. The van der Waals surface area contributed by atoms with Gasteiger partial charge in [-0.05, 0) is 45.7 Å². The van der Waals surface area contributed by atoms with Gasteiger partial charge < -0.3 is 5.32 Å². The van der Waals surface area contributed by atoms with E-state index >= 15 is 0 Å². The maximum atomic E-state index is 3.86. The molecule has 0 aromatic carbocycles. The van der Waals surface area contributed by atoms with Crippen molar-refractivity contribution in [2.75, 3.05) is 31.6 Å². The van der Waals surface area contributed by atoms with Gasteiger partial charge in [-0.1, -0.05) is 31.4 Å². The van der Waals surface area contributed by atoms with Crippen molar-refractivity contribution in [2.24, 2.45) is 0 Å². The van der Waals surface area contributed by atoms with Crippen LogP contribution >= 0.6 is 11.8 Å². The number of thioether (sulfide) groups is 1. The third kappa shape index (κ3) is 4.78. The Labute approximate surface area is 129 Å². The molecule has 2 rings (SSSR count). The third-order valence-corrected chi connectivity index (χ3v) is 5.72. The first-order valence-corrected chi connectivity index (χ1v) is 9.68. The zero-order chi connectivity index (χ0) is 14.2. The fourth-order valence-corrected chi connectivity index (χ4v) is 4.64. The summed E-state index contributed by atoms with van der Waals surface area (Å²) in [7, 11) is 2.31. The van der Waals surface area contributed by atoms with Crippen LogP contribution < -0.4 is 5.32 Å². The molecule has 0 radical (unpaired) electrons. The van der Waals surface area contributed by atoms with Gasteiger partial charge in [0, 0.05) is 30.1 Å². The minimum absolute atomic E-state index is 0.589. The Bertz CT molecular complexity index is 303. The zero-order valence-corrected chi connectivity index (χ0v) is 14.2. The van der Waals surface area contributed by atoms with Gasteiger partial charge in [0.25, 0.3) is 0 Å². The van der Waals surface area contributed by atoms with Crippen LogP contribution in [0.15, 0.2) is 11.6 Å². The van der Waals surface area contributed by atoms with Crippen molar-refractivity contribution in [1.29, 1.82) is 0 Å². The zero-order valence-electron chi connectivity index (χ0n) is 13.4. The SMILES string of the molecule is CCCNC(C1=CCCCCCC1)C1CSCCN1C. The predicted molar refractivity (Wildman–Crippen MR) is 91.6 cm³/mol. The summed E-state index contributed by atoms with van der Waals surface area (Å²) in [4.78, 5) is 2.59. The van der Waals surface area contributed by atoms with E-state index in [9.17, 15) is 0 Å². The molecule has 2 nitrogen and oxygen atoms in total. The van der Waals surface area contributed by atoms with Crippen molar-refractivity contribution in [3.05, 3.63) is 11.6 Å². The molecule has 116 valence electrons. The van der Waals surface area contributed by atoms with Crippen LogP contribution in [0.1, 0.15) is 51.9 Å². The van der Waals surface area contributed by atoms with Crippen molar-refractivity contribution < 1.29 is 0 Å². The maximum absolute atomic E-state index is 3.86. The van der Waals surface area contributed by atoms with Crippen LogP contribution in [0.3, 0.4) is 0 Å². The van der Waals surface area contributed by atoms with Gasteiger partial charge in [0.15, 0.2) is 0 Å².